The first-order valence-electron chi connectivity index (χ1n) is 5.13. The summed E-state index contributed by atoms with van der Waals surface area (Å²) in [5.74, 6) is 0.0196. The van der Waals surface area contributed by atoms with Crippen LogP contribution < -0.4 is 5.56 Å². The van der Waals surface area contributed by atoms with Crippen LogP contribution in [0, 0.1) is 0 Å². The zero-order valence-electron chi connectivity index (χ0n) is 9.67. The molecule has 1 aromatic carbocycles. The molecule has 0 saturated carbocycles. The summed E-state index contributed by atoms with van der Waals surface area (Å²) >= 11 is 0. The predicted molar refractivity (Wildman–Crippen MR) is 67.7 cm³/mol. The zero-order valence-corrected chi connectivity index (χ0v) is 10.5. The van der Waals surface area contributed by atoms with Crippen molar-refractivity contribution in [2.24, 2.45) is 7.05 Å². The molecule has 17 heavy (non-hydrogen) atoms. The van der Waals surface area contributed by atoms with Crippen molar-refractivity contribution in [3.63, 3.8) is 0 Å². The lowest BCUT2D eigenvalue weighted by atomic mass is 10.1. The second-order valence-corrected chi connectivity index (χ2v) is 6.33. The van der Waals surface area contributed by atoms with Gasteiger partial charge in [-0.25, -0.2) is 8.42 Å². The number of aryl methyl sites for hydroxylation is 1. The molecule has 0 aliphatic rings. The van der Waals surface area contributed by atoms with E-state index in [1.807, 2.05) is 0 Å². The maximum absolute atomic E-state index is 11.4. The van der Waals surface area contributed by atoms with Crippen molar-refractivity contribution in [1.29, 1.82) is 0 Å². The lowest BCUT2D eigenvalue weighted by molar-refractivity contribution is 0.601. The Labute approximate surface area is 99.4 Å². The van der Waals surface area contributed by atoms with E-state index in [1.54, 1.807) is 35.9 Å². The maximum atomic E-state index is 11.4. The molecule has 0 atom stereocenters. The van der Waals surface area contributed by atoms with Gasteiger partial charge in [0.25, 0.3) is 5.56 Å². The minimum absolute atomic E-state index is 0.0196. The van der Waals surface area contributed by atoms with E-state index in [2.05, 4.69) is 0 Å². The molecule has 2 aromatic rings. The van der Waals surface area contributed by atoms with Crippen LogP contribution >= 0.6 is 0 Å². The number of fused-ring (bicyclic) bond motifs is 1. The van der Waals surface area contributed by atoms with Gasteiger partial charge in [0.15, 0.2) is 9.84 Å². The fourth-order valence-corrected chi connectivity index (χ4v) is 2.61. The Morgan fingerprint density at radius 1 is 1.18 bits per heavy atom. The number of benzene rings is 1. The molecule has 0 amide bonds. The maximum Gasteiger partial charge on any atom is 0.250 e. The van der Waals surface area contributed by atoms with E-state index in [0.29, 0.717) is 0 Å². The van der Waals surface area contributed by atoms with Gasteiger partial charge >= 0.3 is 0 Å². The van der Waals surface area contributed by atoms with Crippen LogP contribution in [0.5, 0.6) is 0 Å². The zero-order chi connectivity index (χ0) is 12.6. The average Bonchev–Trinajstić information content (AvgIpc) is 2.21. The summed E-state index contributed by atoms with van der Waals surface area (Å²) in [4.78, 5) is 11.4. The Hall–Kier alpha value is -1.62. The van der Waals surface area contributed by atoms with Crippen LogP contribution in [-0.2, 0) is 22.6 Å². The van der Waals surface area contributed by atoms with Crippen LogP contribution in [0.4, 0.5) is 0 Å². The third-order valence-electron chi connectivity index (χ3n) is 2.62. The lowest BCUT2D eigenvalue weighted by Gasteiger charge is -2.06. The summed E-state index contributed by atoms with van der Waals surface area (Å²) in [6.07, 6.45) is 1.21. The van der Waals surface area contributed by atoms with Gasteiger partial charge in [0.1, 0.15) is 0 Å². The number of aromatic nitrogens is 1. The smallest absolute Gasteiger partial charge is 0.250 e. The molecular formula is C12H13NO3S. The van der Waals surface area contributed by atoms with E-state index in [9.17, 15) is 13.2 Å². The monoisotopic (exact) mass is 251 g/mol. The lowest BCUT2D eigenvalue weighted by Crippen LogP contribution is -2.15. The van der Waals surface area contributed by atoms with Crippen LogP contribution in [-0.4, -0.2) is 19.2 Å². The summed E-state index contributed by atoms with van der Waals surface area (Å²) < 4.78 is 23.9. The van der Waals surface area contributed by atoms with Crippen molar-refractivity contribution < 1.29 is 8.42 Å². The van der Waals surface area contributed by atoms with Crippen LogP contribution in [0.3, 0.4) is 0 Å². The molecular weight excluding hydrogens is 238 g/mol. The molecule has 90 valence electrons. The third-order valence-corrected chi connectivity index (χ3v) is 3.48. The van der Waals surface area contributed by atoms with E-state index < -0.39 is 9.84 Å². The molecule has 0 aliphatic heterocycles. The van der Waals surface area contributed by atoms with Crippen molar-refractivity contribution in [1.82, 2.24) is 4.57 Å². The van der Waals surface area contributed by atoms with Gasteiger partial charge in [0, 0.05) is 19.4 Å². The molecule has 0 spiro atoms. The highest BCUT2D eigenvalue weighted by Crippen LogP contribution is 2.15. The summed E-state index contributed by atoms with van der Waals surface area (Å²) in [7, 11) is -1.34. The SMILES string of the molecule is Cn1c(=O)ccc2cc(CS(C)(=O)=O)ccc21. The first-order chi connectivity index (χ1) is 7.87. The Bertz CT molecular complexity index is 729. The summed E-state index contributed by atoms with van der Waals surface area (Å²) in [5, 5.41) is 0.869. The molecule has 0 N–H and O–H groups in total. The average molecular weight is 251 g/mol. The normalized spacial score (nSPS) is 11.9. The summed E-state index contributed by atoms with van der Waals surface area (Å²) in [6, 6.07) is 8.51. The van der Waals surface area contributed by atoms with Gasteiger partial charge in [-0.2, -0.15) is 0 Å². The summed E-state index contributed by atoms with van der Waals surface area (Å²) in [5.41, 5.74) is 1.46. The van der Waals surface area contributed by atoms with Crippen LogP contribution in [0.1, 0.15) is 5.56 Å². The molecule has 0 aliphatic carbocycles. The fraction of sp³-hybridized carbons (Fsp3) is 0.250. The third kappa shape index (κ3) is 2.55. The Morgan fingerprint density at radius 3 is 2.53 bits per heavy atom. The van der Waals surface area contributed by atoms with E-state index in [1.165, 1.54) is 12.3 Å². The van der Waals surface area contributed by atoms with E-state index >= 15 is 0 Å². The molecule has 4 nitrogen and oxygen atoms in total. The topological polar surface area (TPSA) is 56.1 Å². The van der Waals surface area contributed by atoms with Crippen LogP contribution in [0.2, 0.25) is 0 Å². The number of pyridine rings is 1. The highest BCUT2D eigenvalue weighted by atomic mass is 32.2. The number of hydrogen-bond donors (Lipinski definition) is 0. The highest BCUT2D eigenvalue weighted by Gasteiger charge is 2.06. The molecule has 2 rings (SSSR count). The van der Waals surface area contributed by atoms with E-state index in [4.69, 9.17) is 0 Å². The van der Waals surface area contributed by atoms with Crippen molar-refractivity contribution in [2.45, 2.75) is 5.75 Å². The van der Waals surface area contributed by atoms with E-state index in [0.717, 1.165) is 16.5 Å². The molecule has 0 saturated heterocycles. The highest BCUT2D eigenvalue weighted by molar-refractivity contribution is 7.89. The van der Waals surface area contributed by atoms with Crippen molar-refractivity contribution in [2.75, 3.05) is 6.26 Å². The van der Waals surface area contributed by atoms with Gasteiger partial charge in [-0.3, -0.25) is 4.79 Å². The first kappa shape index (κ1) is 11.9. The minimum atomic E-state index is -3.03. The predicted octanol–water partition coefficient (Wildman–Crippen LogP) is 1.08. The number of hydrogen-bond acceptors (Lipinski definition) is 3. The van der Waals surface area contributed by atoms with Crippen molar-refractivity contribution in [3.05, 3.63) is 46.2 Å². The molecule has 0 bridgehead atoms. The Kier molecular flexibility index (Phi) is 2.79. The quantitative estimate of drug-likeness (QED) is 0.802. The number of rotatable bonds is 2. The molecule has 1 aromatic heterocycles. The summed E-state index contributed by atoms with van der Waals surface area (Å²) in [6.45, 7) is 0. The van der Waals surface area contributed by atoms with Crippen LogP contribution in [0.15, 0.2) is 35.1 Å². The van der Waals surface area contributed by atoms with Gasteiger partial charge in [-0.15, -0.1) is 0 Å². The Balaban J connectivity index is 2.60. The largest absolute Gasteiger partial charge is 0.311 e. The molecule has 0 fully saturated rings. The molecule has 0 radical (unpaired) electrons. The van der Waals surface area contributed by atoms with Crippen molar-refractivity contribution >= 4 is 20.7 Å². The van der Waals surface area contributed by atoms with Gasteiger partial charge < -0.3 is 4.57 Å². The number of nitrogens with zero attached hydrogens (tertiary/aromatic N) is 1. The van der Waals surface area contributed by atoms with Gasteiger partial charge in [0.2, 0.25) is 0 Å². The fourth-order valence-electron chi connectivity index (χ4n) is 1.83. The minimum Gasteiger partial charge on any atom is -0.311 e. The van der Waals surface area contributed by atoms with E-state index in [-0.39, 0.29) is 11.3 Å². The first-order valence-corrected chi connectivity index (χ1v) is 7.19. The molecule has 1 heterocycles. The van der Waals surface area contributed by atoms with Crippen molar-refractivity contribution in [3.8, 4) is 0 Å². The number of sulfone groups is 1. The van der Waals surface area contributed by atoms with Gasteiger partial charge in [0.05, 0.1) is 11.3 Å². The Morgan fingerprint density at radius 2 is 1.88 bits per heavy atom. The second-order valence-electron chi connectivity index (χ2n) is 4.19. The molecule has 0 unspecified atom stereocenters. The second kappa shape index (κ2) is 4.00. The van der Waals surface area contributed by atoms with Crippen LogP contribution in [0.25, 0.3) is 10.9 Å². The van der Waals surface area contributed by atoms with Gasteiger partial charge in [-0.1, -0.05) is 6.07 Å². The van der Waals surface area contributed by atoms with Gasteiger partial charge in [-0.05, 0) is 29.1 Å². The standard InChI is InChI=1S/C12H13NO3S/c1-13-11-5-3-9(8-17(2,15)16)7-10(11)4-6-12(13)14/h3-7H,8H2,1-2H3. The molecule has 5 heteroatoms.